The second kappa shape index (κ2) is 9.42. The van der Waals surface area contributed by atoms with E-state index in [4.69, 9.17) is 9.84 Å². The van der Waals surface area contributed by atoms with Crippen LogP contribution in [-0.2, 0) is 22.7 Å². The summed E-state index contributed by atoms with van der Waals surface area (Å²) in [7, 11) is 0. The number of carbonyl (C=O) groups excluding carboxylic acids is 1. The molecule has 0 heterocycles. The molecule has 0 saturated heterocycles. The van der Waals surface area contributed by atoms with Crippen LogP contribution in [-0.4, -0.2) is 28.6 Å². The number of hydrogen-bond donors (Lipinski definition) is 1. The largest absolute Gasteiger partial charge is 0.481 e. The van der Waals surface area contributed by atoms with Crippen LogP contribution < -0.4 is 0 Å². The van der Waals surface area contributed by atoms with Gasteiger partial charge in [0.05, 0.1) is 0 Å². The van der Waals surface area contributed by atoms with E-state index in [1.807, 2.05) is 30.3 Å². The number of amides is 1. The molecule has 5 nitrogen and oxygen atoms in total. The molecule has 0 fully saturated rings. The fraction of sp³-hybridized carbons (Fsp3) is 0.263. The van der Waals surface area contributed by atoms with Crippen LogP contribution in [0.15, 0.2) is 54.6 Å². The van der Waals surface area contributed by atoms with E-state index >= 15 is 0 Å². The third-order valence-electron chi connectivity index (χ3n) is 3.54. The Hall–Kier alpha value is -2.89. The number of aliphatic carboxylic acids is 1. The number of hydrogen-bond acceptors (Lipinski definition) is 3. The first-order valence-corrected chi connectivity index (χ1v) is 7.96. The highest BCUT2D eigenvalue weighted by atomic mass is 19.1. The third kappa shape index (κ3) is 6.63. The summed E-state index contributed by atoms with van der Waals surface area (Å²) < 4.78 is 18.6. The lowest BCUT2D eigenvalue weighted by molar-refractivity contribution is -0.137. The van der Waals surface area contributed by atoms with Crippen LogP contribution in [0.25, 0.3) is 0 Å². The quantitative estimate of drug-likeness (QED) is 0.789. The Kier molecular flexibility index (Phi) is 6.95. The number of benzene rings is 2. The minimum atomic E-state index is -0.927. The molecule has 0 aliphatic rings. The van der Waals surface area contributed by atoms with Crippen LogP contribution in [0.5, 0.6) is 0 Å². The summed E-state index contributed by atoms with van der Waals surface area (Å²) in [6, 6.07) is 15.2. The highest BCUT2D eigenvalue weighted by Crippen LogP contribution is 2.11. The number of halogens is 1. The van der Waals surface area contributed by atoms with Crippen molar-refractivity contribution in [2.75, 3.05) is 6.54 Å². The molecule has 0 saturated carbocycles. The second-order valence-electron chi connectivity index (χ2n) is 5.59. The molecule has 0 radical (unpaired) electrons. The molecule has 1 amide bonds. The van der Waals surface area contributed by atoms with E-state index in [2.05, 4.69) is 0 Å². The molecule has 25 heavy (non-hydrogen) atoms. The lowest BCUT2D eigenvalue weighted by Crippen LogP contribution is -2.32. The summed E-state index contributed by atoms with van der Waals surface area (Å²) >= 11 is 0. The third-order valence-corrected chi connectivity index (χ3v) is 3.54. The Bertz CT molecular complexity index is 706. The summed E-state index contributed by atoms with van der Waals surface area (Å²) in [6.45, 7) is 0.500. The molecule has 132 valence electrons. The Labute approximate surface area is 145 Å². The molecule has 0 unspecified atom stereocenters. The highest BCUT2D eigenvalue weighted by Gasteiger charge is 2.16. The predicted molar refractivity (Wildman–Crippen MR) is 90.3 cm³/mol. The van der Waals surface area contributed by atoms with Gasteiger partial charge < -0.3 is 14.7 Å². The molecule has 0 bridgehead atoms. The van der Waals surface area contributed by atoms with Gasteiger partial charge in [-0.25, -0.2) is 9.18 Å². The lowest BCUT2D eigenvalue weighted by atomic mass is 10.2. The zero-order valence-corrected chi connectivity index (χ0v) is 13.7. The maximum absolute atomic E-state index is 13.3. The maximum atomic E-state index is 13.3. The first-order valence-electron chi connectivity index (χ1n) is 7.96. The minimum Gasteiger partial charge on any atom is -0.481 e. The Morgan fingerprint density at radius 3 is 2.44 bits per heavy atom. The Balaban J connectivity index is 1.98. The van der Waals surface area contributed by atoms with Gasteiger partial charge in [0.25, 0.3) is 0 Å². The Morgan fingerprint density at radius 1 is 1.04 bits per heavy atom. The SMILES string of the molecule is O=C(O)CCCN(Cc1cccc(F)c1)C(=O)OCc1ccccc1. The fourth-order valence-electron chi connectivity index (χ4n) is 2.32. The molecule has 2 aromatic carbocycles. The topological polar surface area (TPSA) is 66.8 Å². The second-order valence-corrected chi connectivity index (χ2v) is 5.59. The van der Waals surface area contributed by atoms with E-state index in [-0.39, 0.29) is 31.9 Å². The van der Waals surface area contributed by atoms with Gasteiger partial charge in [-0.1, -0.05) is 42.5 Å². The van der Waals surface area contributed by atoms with E-state index in [0.29, 0.717) is 12.0 Å². The van der Waals surface area contributed by atoms with E-state index in [9.17, 15) is 14.0 Å². The number of carboxylic acids is 1. The first-order chi connectivity index (χ1) is 12.0. The van der Waals surface area contributed by atoms with E-state index in [0.717, 1.165) is 5.56 Å². The van der Waals surface area contributed by atoms with Gasteiger partial charge in [-0.15, -0.1) is 0 Å². The first kappa shape index (κ1) is 18.4. The molecule has 0 spiro atoms. The van der Waals surface area contributed by atoms with E-state index in [1.165, 1.54) is 17.0 Å². The number of carboxylic acid groups (broad SMARTS) is 1. The summed E-state index contributed by atoms with van der Waals surface area (Å²) in [5.74, 6) is -1.32. The zero-order valence-electron chi connectivity index (χ0n) is 13.7. The van der Waals surface area contributed by atoms with Crippen molar-refractivity contribution in [2.24, 2.45) is 0 Å². The molecule has 1 N–H and O–H groups in total. The van der Waals surface area contributed by atoms with Gasteiger partial charge in [0, 0.05) is 19.5 Å². The molecule has 2 aromatic rings. The van der Waals surface area contributed by atoms with E-state index < -0.39 is 12.1 Å². The number of nitrogens with zero attached hydrogens (tertiary/aromatic N) is 1. The van der Waals surface area contributed by atoms with Crippen LogP contribution in [0.2, 0.25) is 0 Å². The molecular weight excluding hydrogens is 325 g/mol. The van der Waals surface area contributed by atoms with Gasteiger partial charge in [-0.2, -0.15) is 0 Å². The highest BCUT2D eigenvalue weighted by molar-refractivity contribution is 5.68. The summed E-state index contributed by atoms with van der Waals surface area (Å²) in [5, 5.41) is 8.76. The van der Waals surface area contributed by atoms with Crippen molar-refractivity contribution in [3.05, 3.63) is 71.5 Å². The lowest BCUT2D eigenvalue weighted by Gasteiger charge is -2.22. The van der Waals surface area contributed by atoms with Gasteiger partial charge in [0.2, 0.25) is 0 Å². The monoisotopic (exact) mass is 345 g/mol. The van der Waals surface area contributed by atoms with E-state index in [1.54, 1.807) is 12.1 Å². The van der Waals surface area contributed by atoms with Crippen LogP contribution in [0, 0.1) is 5.82 Å². The molecule has 2 rings (SSSR count). The maximum Gasteiger partial charge on any atom is 0.410 e. The van der Waals surface area contributed by atoms with Crippen molar-refractivity contribution >= 4 is 12.1 Å². The van der Waals surface area contributed by atoms with Crippen molar-refractivity contribution in [3.63, 3.8) is 0 Å². The normalized spacial score (nSPS) is 10.3. The van der Waals surface area contributed by atoms with Crippen LogP contribution in [0.1, 0.15) is 24.0 Å². The molecule has 0 aliphatic heterocycles. The zero-order chi connectivity index (χ0) is 18.1. The number of rotatable bonds is 8. The average Bonchev–Trinajstić information content (AvgIpc) is 2.59. The van der Waals surface area contributed by atoms with Crippen LogP contribution in [0.4, 0.5) is 9.18 Å². The molecule has 0 aliphatic carbocycles. The molecule has 0 atom stereocenters. The number of ether oxygens (including phenoxy) is 1. The minimum absolute atomic E-state index is 0.0500. The van der Waals surface area contributed by atoms with Gasteiger partial charge in [-0.3, -0.25) is 4.79 Å². The van der Waals surface area contributed by atoms with Gasteiger partial charge >= 0.3 is 12.1 Å². The van der Waals surface area contributed by atoms with Gasteiger partial charge in [-0.05, 0) is 29.7 Å². The molecule has 6 heteroatoms. The smallest absolute Gasteiger partial charge is 0.410 e. The molecular formula is C19H20FNO4. The Morgan fingerprint density at radius 2 is 1.76 bits per heavy atom. The van der Waals surface area contributed by atoms with Crippen LogP contribution in [0.3, 0.4) is 0 Å². The van der Waals surface area contributed by atoms with Crippen molar-refractivity contribution < 1.29 is 23.8 Å². The van der Waals surface area contributed by atoms with Crippen LogP contribution >= 0.6 is 0 Å². The summed E-state index contributed by atoms with van der Waals surface area (Å²) in [5.41, 5.74) is 1.47. The van der Waals surface area contributed by atoms with Crippen molar-refractivity contribution in [1.29, 1.82) is 0 Å². The number of carbonyl (C=O) groups is 2. The van der Waals surface area contributed by atoms with Gasteiger partial charge in [0.1, 0.15) is 12.4 Å². The average molecular weight is 345 g/mol. The standard InChI is InChI=1S/C19H20FNO4/c20-17-9-4-8-16(12-17)13-21(11-5-10-18(22)23)19(24)25-14-15-6-2-1-3-7-15/h1-4,6-9,12H,5,10-11,13-14H2,(H,22,23). The molecule has 0 aromatic heterocycles. The van der Waals surface area contributed by atoms with Crippen molar-refractivity contribution in [1.82, 2.24) is 4.90 Å². The summed E-state index contributed by atoms with van der Waals surface area (Å²) in [6.07, 6.45) is -0.310. The summed E-state index contributed by atoms with van der Waals surface area (Å²) in [4.78, 5) is 24.4. The van der Waals surface area contributed by atoms with Crippen molar-refractivity contribution in [3.8, 4) is 0 Å². The fourth-order valence-corrected chi connectivity index (χ4v) is 2.32. The van der Waals surface area contributed by atoms with Gasteiger partial charge in [0.15, 0.2) is 0 Å². The predicted octanol–water partition coefficient (Wildman–Crippen LogP) is 3.83. The van der Waals surface area contributed by atoms with Crippen molar-refractivity contribution in [2.45, 2.75) is 26.0 Å².